The number of hydrogen-bond donors (Lipinski definition) is 1. The third-order valence-electron chi connectivity index (χ3n) is 2.77. The highest BCUT2D eigenvalue weighted by molar-refractivity contribution is 5.17. The van der Waals surface area contributed by atoms with Crippen LogP contribution in [0.2, 0.25) is 0 Å². The molecule has 2 rings (SSSR count). The van der Waals surface area contributed by atoms with E-state index in [9.17, 15) is 0 Å². The number of rotatable bonds is 9. The van der Waals surface area contributed by atoms with Gasteiger partial charge in [0.05, 0.1) is 19.0 Å². The summed E-state index contributed by atoms with van der Waals surface area (Å²) < 4.78 is 12.4. The number of aromatic nitrogens is 4. The van der Waals surface area contributed by atoms with Crippen LogP contribution >= 0.6 is 0 Å². The first-order valence-corrected chi connectivity index (χ1v) is 7.02. The van der Waals surface area contributed by atoms with Gasteiger partial charge < -0.3 is 14.8 Å². The summed E-state index contributed by atoms with van der Waals surface area (Å²) in [7, 11) is 1.68. The standard InChI is InChI=1S/C14H21N5O2/c1-3-5-19-11-13(10-18-19)21-14-16-8-12(9-17-14)7-15-4-6-20-2/h8-11,15H,3-7H2,1-2H3. The van der Waals surface area contributed by atoms with Gasteiger partial charge in [0.15, 0.2) is 5.75 Å². The van der Waals surface area contributed by atoms with Gasteiger partial charge in [0, 0.05) is 44.7 Å². The molecular weight excluding hydrogens is 270 g/mol. The van der Waals surface area contributed by atoms with Crippen LogP contribution in [-0.2, 0) is 17.8 Å². The van der Waals surface area contributed by atoms with Crippen LogP contribution in [0.15, 0.2) is 24.8 Å². The maximum Gasteiger partial charge on any atom is 0.321 e. The normalized spacial score (nSPS) is 10.8. The number of nitrogens with one attached hydrogen (secondary N) is 1. The topological polar surface area (TPSA) is 74.1 Å². The van der Waals surface area contributed by atoms with E-state index in [1.807, 2.05) is 10.9 Å². The van der Waals surface area contributed by atoms with Gasteiger partial charge in [-0.15, -0.1) is 0 Å². The molecule has 0 bridgehead atoms. The fourth-order valence-corrected chi connectivity index (χ4v) is 1.75. The molecule has 7 nitrogen and oxygen atoms in total. The lowest BCUT2D eigenvalue weighted by Gasteiger charge is -2.04. The molecule has 2 aromatic rings. The Morgan fingerprint density at radius 1 is 1.24 bits per heavy atom. The van der Waals surface area contributed by atoms with Crippen LogP contribution in [-0.4, -0.2) is 40.0 Å². The van der Waals surface area contributed by atoms with Crippen molar-refractivity contribution in [2.75, 3.05) is 20.3 Å². The van der Waals surface area contributed by atoms with Crippen molar-refractivity contribution in [2.24, 2.45) is 0 Å². The van der Waals surface area contributed by atoms with Gasteiger partial charge in [0.2, 0.25) is 0 Å². The summed E-state index contributed by atoms with van der Waals surface area (Å²) in [5.74, 6) is 0.648. The molecule has 0 radical (unpaired) electrons. The Kier molecular flexibility index (Phi) is 6.11. The smallest absolute Gasteiger partial charge is 0.321 e. The molecule has 0 saturated heterocycles. The monoisotopic (exact) mass is 291 g/mol. The highest BCUT2D eigenvalue weighted by atomic mass is 16.5. The zero-order valence-electron chi connectivity index (χ0n) is 12.5. The van der Waals surface area contributed by atoms with Crippen molar-refractivity contribution in [3.63, 3.8) is 0 Å². The third kappa shape index (κ3) is 5.13. The molecule has 0 fully saturated rings. The van der Waals surface area contributed by atoms with Crippen molar-refractivity contribution >= 4 is 0 Å². The molecule has 0 aromatic carbocycles. The molecule has 0 aliphatic carbocycles. The van der Waals surface area contributed by atoms with Crippen molar-refractivity contribution in [1.29, 1.82) is 0 Å². The van der Waals surface area contributed by atoms with E-state index in [4.69, 9.17) is 9.47 Å². The minimum Gasteiger partial charge on any atom is -0.421 e. The average Bonchev–Trinajstić information content (AvgIpc) is 2.93. The van der Waals surface area contributed by atoms with Crippen molar-refractivity contribution < 1.29 is 9.47 Å². The molecule has 0 aliphatic heterocycles. The maximum atomic E-state index is 5.56. The molecule has 21 heavy (non-hydrogen) atoms. The Morgan fingerprint density at radius 3 is 2.76 bits per heavy atom. The van der Waals surface area contributed by atoms with Crippen LogP contribution in [0.1, 0.15) is 18.9 Å². The lowest BCUT2D eigenvalue weighted by Crippen LogP contribution is -2.18. The third-order valence-corrected chi connectivity index (χ3v) is 2.77. The van der Waals surface area contributed by atoms with E-state index in [1.165, 1.54) is 0 Å². The van der Waals surface area contributed by atoms with Crippen molar-refractivity contribution in [1.82, 2.24) is 25.1 Å². The van der Waals surface area contributed by atoms with E-state index >= 15 is 0 Å². The average molecular weight is 291 g/mol. The summed E-state index contributed by atoms with van der Waals surface area (Å²) >= 11 is 0. The molecule has 0 amide bonds. The molecule has 0 saturated carbocycles. The van der Waals surface area contributed by atoms with Crippen LogP contribution in [0.4, 0.5) is 0 Å². The summed E-state index contributed by atoms with van der Waals surface area (Å²) in [5.41, 5.74) is 1.00. The Hall–Kier alpha value is -1.99. The number of aryl methyl sites for hydroxylation is 1. The van der Waals surface area contributed by atoms with Crippen LogP contribution in [0, 0.1) is 0 Å². The first-order valence-electron chi connectivity index (χ1n) is 7.02. The molecule has 7 heteroatoms. The Morgan fingerprint density at radius 2 is 2.05 bits per heavy atom. The number of hydrogen-bond acceptors (Lipinski definition) is 6. The lowest BCUT2D eigenvalue weighted by atomic mass is 10.3. The maximum absolute atomic E-state index is 5.56. The minimum atomic E-state index is 0.326. The summed E-state index contributed by atoms with van der Waals surface area (Å²) in [6.07, 6.45) is 8.03. The van der Waals surface area contributed by atoms with Crippen LogP contribution in [0.5, 0.6) is 11.8 Å². The summed E-state index contributed by atoms with van der Waals surface area (Å²) in [6.45, 7) is 5.16. The molecule has 0 aliphatic rings. The highest BCUT2D eigenvalue weighted by Crippen LogP contribution is 2.16. The van der Waals surface area contributed by atoms with E-state index in [1.54, 1.807) is 25.7 Å². The van der Waals surface area contributed by atoms with Gasteiger partial charge in [0.25, 0.3) is 0 Å². The van der Waals surface area contributed by atoms with Crippen LogP contribution in [0.25, 0.3) is 0 Å². The minimum absolute atomic E-state index is 0.326. The zero-order chi connectivity index (χ0) is 14.9. The molecular formula is C14H21N5O2. The van der Waals surface area contributed by atoms with Gasteiger partial charge in [-0.25, -0.2) is 9.97 Å². The quantitative estimate of drug-likeness (QED) is 0.708. The van der Waals surface area contributed by atoms with Crippen molar-refractivity contribution in [3.05, 3.63) is 30.4 Å². The zero-order valence-corrected chi connectivity index (χ0v) is 12.5. The van der Waals surface area contributed by atoms with E-state index in [-0.39, 0.29) is 0 Å². The predicted octanol–water partition coefficient (Wildman–Crippen LogP) is 1.61. The first-order chi connectivity index (χ1) is 10.3. The Bertz CT molecular complexity index is 526. The molecule has 114 valence electrons. The Labute approximate surface area is 124 Å². The summed E-state index contributed by atoms with van der Waals surface area (Å²) in [6, 6.07) is 0.326. The van der Waals surface area contributed by atoms with Crippen molar-refractivity contribution in [3.8, 4) is 11.8 Å². The second kappa shape index (κ2) is 8.33. The van der Waals surface area contributed by atoms with Gasteiger partial charge >= 0.3 is 6.01 Å². The van der Waals surface area contributed by atoms with E-state index < -0.39 is 0 Å². The van der Waals surface area contributed by atoms with Crippen LogP contribution < -0.4 is 10.1 Å². The van der Waals surface area contributed by atoms with Gasteiger partial charge in [0.1, 0.15) is 0 Å². The molecule has 2 heterocycles. The molecule has 0 unspecified atom stereocenters. The van der Waals surface area contributed by atoms with Gasteiger partial charge in [-0.1, -0.05) is 6.92 Å². The van der Waals surface area contributed by atoms with Gasteiger partial charge in [-0.2, -0.15) is 5.10 Å². The fourth-order valence-electron chi connectivity index (χ4n) is 1.75. The van der Waals surface area contributed by atoms with Gasteiger partial charge in [-0.3, -0.25) is 4.68 Å². The largest absolute Gasteiger partial charge is 0.421 e. The fraction of sp³-hybridized carbons (Fsp3) is 0.500. The lowest BCUT2D eigenvalue weighted by molar-refractivity contribution is 0.199. The molecule has 2 aromatic heterocycles. The SMILES string of the molecule is CCCn1cc(Oc2ncc(CNCCOC)cn2)cn1. The number of nitrogens with zero attached hydrogens (tertiary/aromatic N) is 4. The van der Waals surface area contributed by atoms with Crippen molar-refractivity contribution in [2.45, 2.75) is 26.4 Å². The number of methoxy groups -OCH3 is 1. The van der Waals surface area contributed by atoms with Crippen LogP contribution in [0.3, 0.4) is 0 Å². The summed E-state index contributed by atoms with van der Waals surface area (Å²) in [5, 5.41) is 7.42. The van der Waals surface area contributed by atoms with E-state index in [0.29, 0.717) is 24.9 Å². The predicted molar refractivity (Wildman–Crippen MR) is 78.2 cm³/mol. The molecule has 1 N–H and O–H groups in total. The molecule has 0 spiro atoms. The van der Waals surface area contributed by atoms with Gasteiger partial charge in [-0.05, 0) is 6.42 Å². The summed E-state index contributed by atoms with van der Waals surface area (Å²) in [4.78, 5) is 8.37. The van der Waals surface area contributed by atoms with E-state index in [2.05, 4.69) is 27.3 Å². The second-order valence-corrected chi connectivity index (χ2v) is 4.58. The molecule has 0 atom stereocenters. The number of ether oxygens (including phenoxy) is 2. The Balaban J connectivity index is 1.83. The highest BCUT2D eigenvalue weighted by Gasteiger charge is 2.03. The van der Waals surface area contributed by atoms with E-state index in [0.717, 1.165) is 25.1 Å². The first kappa shape index (κ1) is 15.4. The second-order valence-electron chi connectivity index (χ2n) is 4.58.